The maximum atomic E-state index is 11.9. The average Bonchev–Trinajstić information content (AvgIpc) is 2.99. The van der Waals surface area contributed by atoms with Gasteiger partial charge in [0.15, 0.2) is 5.69 Å². The van der Waals surface area contributed by atoms with Gasteiger partial charge in [-0.05, 0) is 36.4 Å². The Kier molecular flexibility index (Phi) is 4.81. The van der Waals surface area contributed by atoms with E-state index in [1.54, 1.807) is 41.1 Å². The van der Waals surface area contributed by atoms with Crippen LogP contribution in [0.4, 0.5) is 0 Å². The fourth-order valence-electron chi connectivity index (χ4n) is 2.27. The highest BCUT2D eigenvalue weighted by Crippen LogP contribution is 2.28. The van der Waals surface area contributed by atoms with Crippen LogP contribution in [0.25, 0.3) is 16.9 Å². The Morgan fingerprint density at radius 2 is 1.58 bits per heavy atom. The molecule has 0 radical (unpaired) electrons. The van der Waals surface area contributed by atoms with Gasteiger partial charge in [0, 0.05) is 20.6 Å². The zero-order chi connectivity index (χ0) is 17.3. The molecule has 0 fully saturated rings. The van der Waals surface area contributed by atoms with Crippen molar-refractivity contribution in [1.82, 2.24) is 9.78 Å². The van der Waals surface area contributed by atoms with Crippen LogP contribution in [0.2, 0.25) is 15.1 Å². The molecule has 0 aliphatic carbocycles. The van der Waals surface area contributed by atoms with Crippen molar-refractivity contribution < 1.29 is 9.53 Å². The summed E-state index contributed by atoms with van der Waals surface area (Å²) in [7, 11) is 1.31. The second-order valence-electron chi connectivity index (χ2n) is 4.95. The van der Waals surface area contributed by atoms with E-state index in [4.69, 9.17) is 39.5 Å². The van der Waals surface area contributed by atoms with Crippen molar-refractivity contribution in [3.05, 3.63) is 69.3 Å². The molecule has 0 bridgehead atoms. The van der Waals surface area contributed by atoms with Gasteiger partial charge in [-0.1, -0.05) is 46.9 Å². The van der Waals surface area contributed by atoms with E-state index >= 15 is 0 Å². The number of ether oxygens (including phenoxy) is 1. The average molecular weight is 382 g/mol. The highest BCUT2D eigenvalue weighted by molar-refractivity contribution is 6.34. The Morgan fingerprint density at radius 1 is 0.958 bits per heavy atom. The summed E-state index contributed by atoms with van der Waals surface area (Å²) in [5.41, 5.74) is 2.33. The minimum absolute atomic E-state index is 0.179. The van der Waals surface area contributed by atoms with Crippen molar-refractivity contribution in [2.75, 3.05) is 7.11 Å². The number of rotatable bonds is 3. The largest absolute Gasteiger partial charge is 0.464 e. The van der Waals surface area contributed by atoms with Crippen LogP contribution < -0.4 is 0 Å². The molecule has 3 rings (SSSR count). The summed E-state index contributed by atoms with van der Waals surface area (Å²) in [4.78, 5) is 11.9. The standard InChI is InChI=1S/C17H11Cl3N2O2/c1-24-17(23)15-9-16(10-2-4-11(18)5-3-10)22(21-15)14-7-12(19)6-13(20)8-14/h2-9H,1H3. The van der Waals surface area contributed by atoms with E-state index in [2.05, 4.69) is 5.10 Å². The van der Waals surface area contributed by atoms with Gasteiger partial charge in [-0.3, -0.25) is 0 Å². The van der Waals surface area contributed by atoms with Crippen molar-refractivity contribution in [3.8, 4) is 16.9 Å². The van der Waals surface area contributed by atoms with Crippen molar-refractivity contribution >= 4 is 40.8 Å². The summed E-state index contributed by atoms with van der Waals surface area (Å²) >= 11 is 18.1. The molecule has 0 N–H and O–H groups in total. The predicted molar refractivity (Wildman–Crippen MR) is 95.4 cm³/mol. The zero-order valence-electron chi connectivity index (χ0n) is 12.5. The molecular weight excluding hydrogens is 371 g/mol. The fourth-order valence-corrected chi connectivity index (χ4v) is 2.91. The number of benzene rings is 2. The lowest BCUT2D eigenvalue weighted by Crippen LogP contribution is -2.04. The first kappa shape index (κ1) is 16.8. The van der Waals surface area contributed by atoms with E-state index in [-0.39, 0.29) is 5.69 Å². The van der Waals surface area contributed by atoms with Gasteiger partial charge >= 0.3 is 5.97 Å². The third kappa shape index (κ3) is 3.41. The summed E-state index contributed by atoms with van der Waals surface area (Å²) in [5.74, 6) is -0.530. The third-order valence-electron chi connectivity index (χ3n) is 3.34. The Morgan fingerprint density at radius 3 is 2.17 bits per heavy atom. The molecule has 0 saturated carbocycles. The first-order valence-corrected chi connectivity index (χ1v) is 8.02. The Bertz CT molecular complexity index is 884. The Labute approximate surface area is 153 Å². The first-order valence-electron chi connectivity index (χ1n) is 6.89. The first-order chi connectivity index (χ1) is 11.5. The van der Waals surface area contributed by atoms with Crippen molar-refractivity contribution in [3.63, 3.8) is 0 Å². The molecule has 0 saturated heterocycles. The number of carbonyl (C=O) groups is 1. The van der Waals surface area contributed by atoms with Crippen LogP contribution >= 0.6 is 34.8 Å². The van der Waals surface area contributed by atoms with Crippen LogP contribution in [0.15, 0.2) is 48.5 Å². The number of methoxy groups -OCH3 is 1. The molecule has 0 atom stereocenters. The van der Waals surface area contributed by atoms with Gasteiger partial charge in [0.05, 0.1) is 18.5 Å². The Hall–Kier alpha value is -2.01. The molecule has 7 heteroatoms. The lowest BCUT2D eigenvalue weighted by atomic mass is 10.1. The van der Waals surface area contributed by atoms with Crippen LogP contribution in [-0.4, -0.2) is 22.9 Å². The molecule has 24 heavy (non-hydrogen) atoms. The van der Waals surface area contributed by atoms with E-state index in [0.717, 1.165) is 5.56 Å². The molecule has 0 aliphatic heterocycles. The number of hydrogen-bond acceptors (Lipinski definition) is 3. The van der Waals surface area contributed by atoms with Crippen LogP contribution in [0, 0.1) is 0 Å². The molecule has 0 spiro atoms. The van der Waals surface area contributed by atoms with Crippen LogP contribution in [0.1, 0.15) is 10.5 Å². The molecule has 0 aliphatic rings. The SMILES string of the molecule is COC(=O)c1cc(-c2ccc(Cl)cc2)n(-c2cc(Cl)cc(Cl)c2)n1. The predicted octanol–water partition coefficient (Wildman–Crippen LogP) is 5.29. The molecular formula is C17H11Cl3N2O2. The number of aromatic nitrogens is 2. The number of hydrogen-bond donors (Lipinski definition) is 0. The zero-order valence-corrected chi connectivity index (χ0v) is 14.7. The van der Waals surface area contributed by atoms with Gasteiger partial charge in [-0.15, -0.1) is 0 Å². The second kappa shape index (κ2) is 6.85. The molecule has 1 aromatic heterocycles. The number of nitrogens with zero attached hydrogens (tertiary/aromatic N) is 2. The quantitative estimate of drug-likeness (QED) is 0.579. The van der Waals surface area contributed by atoms with Gasteiger partial charge in [0.1, 0.15) is 0 Å². The van der Waals surface area contributed by atoms with Crippen LogP contribution in [0.3, 0.4) is 0 Å². The van der Waals surface area contributed by atoms with Gasteiger partial charge in [0.25, 0.3) is 0 Å². The smallest absolute Gasteiger partial charge is 0.358 e. The van der Waals surface area contributed by atoms with E-state index in [1.165, 1.54) is 7.11 Å². The number of esters is 1. The maximum Gasteiger partial charge on any atom is 0.358 e. The monoisotopic (exact) mass is 380 g/mol. The van der Waals surface area contributed by atoms with Gasteiger partial charge in [-0.2, -0.15) is 5.10 Å². The fraction of sp³-hybridized carbons (Fsp3) is 0.0588. The van der Waals surface area contributed by atoms with E-state index in [1.807, 2.05) is 12.1 Å². The van der Waals surface area contributed by atoms with E-state index < -0.39 is 5.97 Å². The molecule has 1 heterocycles. The summed E-state index contributed by atoms with van der Waals surface area (Å²) in [6, 6.07) is 13.9. The van der Waals surface area contributed by atoms with E-state index in [9.17, 15) is 4.79 Å². The minimum Gasteiger partial charge on any atom is -0.464 e. The summed E-state index contributed by atoms with van der Waals surface area (Å²) < 4.78 is 6.35. The molecule has 3 aromatic rings. The van der Waals surface area contributed by atoms with Crippen molar-refractivity contribution in [2.24, 2.45) is 0 Å². The highest BCUT2D eigenvalue weighted by atomic mass is 35.5. The van der Waals surface area contributed by atoms with Gasteiger partial charge < -0.3 is 4.74 Å². The number of halogens is 3. The summed E-state index contributed by atoms with van der Waals surface area (Å²) in [6.45, 7) is 0. The molecule has 2 aromatic carbocycles. The Balaban J connectivity index is 2.21. The van der Waals surface area contributed by atoms with E-state index in [0.29, 0.717) is 26.4 Å². The van der Waals surface area contributed by atoms with Crippen molar-refractivity contribution in [1.29, 1.82) is 0 Å². The molecule has 0 amide bonds. The lowest BCUT2D eigenvalue weighted by Gasteiger charge is -2.09. The minimum atomic E-state index is -0.530. The third-order valence-corrected chi connectivity index (χ3v) is 4.02. The maximum absolute atomic E-state index is 11.9. The molecule has 4 nitrogen and oxygen atoms in total. The topological polar surface area (TPSA) is 44.1 Å². The molecule has 122 valence electrons. The van der Waals surface area contributed by atoms with Gasteiger partial charge in [0.2, 0.25) is 0 Å². The normalized spacial score (nSPS) is 10.7. The molecule has 0 unspecified atom stereocenters. The number of carbonyl (C=O) groups excluding carboxylic acids is 1. The van der Waals surface area contributed by atoms with Gasteiger partial charge in [-0.25, -0.2) is 9.48 Å². The second-order valence-corrected chi connectivity index (χ2v) is 6.26. The van der Waals surface area contributed by atoms with Crippen LogP contribution in [-0.2, 0) is 4.74 Å². The lowest BCUT2D eigenvalue weighted by molar-refractivity contribution is 0.0593. The highest BCUT2D eigenvalue weighted by Gasteiger charge is 2.17. The summed E-state index contributed by atoms with van der Waals surface area (Å²) in [5, 5.41) is 5.87. The van der Waals surface area contributed by atoms with Crippen molar-refractivity contribution in [2.45, 2.75) is 0 Å². The summed E-state index contributed by atoms with van der Waals surface area (Å²) in [6.07, 6.45) is 0. The van der Waals surface area contributed by atoms with Crippen LogP contribution in [0.5, 0.6) is 0 Å².